The van der Waals surface area contributed by atoms with Crippen molar-refractivity contribution in [2.24, 2.45) is 0 Å². The van der Waals surface area contributed by atoms with E-state index in [1.807, 2.05) is 28.1 Å². The average molecular weight is 469 g/mol. The van der Waals surface area contributed by atoms with Gasteiger partial charge in [-0.3, -0.25) is 9.36 Å². The fourth-order valence-electron chi connectivity index (χ4n) is 3.29. The summed E-state index contributed by atoms with van der Waals surface area (Å²) in [5, 5.41) is 14.3. The summed E-state index contributed by atoms with van der Waals surface area (Å²) in [4.78, 5) is 13.8. The zero-order chi connectivity index (χ0) is 21.8. The molecule has 4 aromatic rings. The number of ether oxygens (including phenoxy) is 2. The van der Waals surface area contributed by atoms with E-state index in [2.05, 4.69) is 21.6 Å². The molecule has 0 bridgehead atoms. The van der Waals surface area contributed by atoms with Gasteiger partial charge in [0.15, 0.2) is 16.7 Å². The summed E-state index contributed by atoms with van der Waals surface area (Å²) in [7, 11) is 0. The number of nitrogens with one attached hydrogen (secondary N) is 1. The van der Waals surface area contributed by atoms with Crippen LogP contribution in [0.15, 0.2) is 63.7 Å². The number of carbonyl (C=O) groups is 1. The number of rotatable bonds is 8. The van der Waals surface area contributed by atoms with Crippen LogP contribution in [0, 0.1) is 0 Å². The second-order valence-electron chi connectivity index (χ2n) is 7.02. The summed E-state index contributed by atoms with van der Waals surface area (Å²) in [6.45, 7) is 1.54. The van der Waals surface area contributed by atoms with Gasteiger partial charge in [-0.15, -0.1) is 21.5 Å². The van der Waals surface area contributed by atoms with Gasteiger partial charge in [0.2, 0.25) is 5.91 Å². The number of fused-ring (bicyclic) bond motifs is 1. The molecule has 0 fully saturated rings. The molecule has 3 aromatic heterocycles. The van der Waals surface area contributed by atoms with E-state index in [0.29, 0.717) is 48.5 Å². The summed E-state index contributed by atoms with van der Waals surface area (Å²) in [6.07, 6.45) is 2.32. The normalized spacial score (nSPS) is 12.6. The minimum atomic E-state index is -0.140. The Morgan fingerprint density at radius 2 is 2.03 bits per heavy atom. The smallest absolute Gasteiger partial charge is 0.234 e. The zero-order valence-electron chi connectivity index (χ0n) is 17.0. The molecule has 1 N–H and O–H groups in total. The third-order valence-corrected chi connectivity index (χ3v) is 6.60. The standard InChI is InChI=1S/C22H20N4O4S2/c27-21(23-15-5-6-18-19(11-15)30-9-8-29-18)14-32-22-25-24-20(12-17-4-2-10-31-17)26(22)13-16-3-1-7-28-16/h1-7,10-11H,8-9,12-14H2,(H,23,27). The van der Waals surface area contributed by atoms with Crippen LogP contribution >= 0.6 is 23.1 Å². The van der Waals surface area contributed by atoms with Gasteiger partial charge in [0.25, 0.3) is 0 Å². The Kier molecular flexibility index (Phi) is 6.13. The summed E-state index contributed by atoms with van der Waals surface area (Å²) in [5.74, 6) is 3.02. The van der Waals surface area contributed by atoms with E-state index < -0.39 is 0 Å². The molecule has 1 amide bonds. The topological polar surface area (TPSA) is 91.4 Å². The van der Waals surface area contributed by atoms with Crippen molar-refractivity contribution in [3.05, 3.63) is 70.6 Å². The monoisotopic (exact) mass is 468 g/mol. The van der Waals surface area contributed by atoms with E-state index in [9.17, 15) is 4.79 Å². The first-order chi connectivity index (χ1) is 15.7. The van der Waals surface area contributed by atoms with E-state index >= 15 is 0 Å². The highest BCUT2D eigenvalue weighted by molar-refractivity contribution is 7.99. The number of anilines is 1. The molecule has 8 nitrogen and oxygen atoms in total. The molecule has 4 heterocycles. The van der Waals surface area contributed by atoms with Crippen molar-refractivity contribution in [3.63, 3.8) is 0 Å². The number of carbonyl (C=O) groups excluding carboxylic acids is 1. The van der Waals surface area contributed by atoms with Gasteiger partial charge in [0.05, 0.1) is 18.6 Å². The maximum atomic E-state index is 12.6. The average Bonchev–Trinajstić information content (AvgIpc) is 3.57. The molecule has 0 saturated carbocycles. The minimum absolute atomic E-state index is 0.140. The number of hydrogen-bond donors (Lipinski definition) is 1. The lowest BCUT2D eigenvalue weighted by Gasteiger charge is -2.19. The number of furan rings is 1. The molecule has 1 aliphatic heterocycles. The fourth-order valence-corrected chi connectivity index (χ4v) is 4.75. The zero-order valence-corrected chi connectivity index (χ0v) is 18.7. The molecule has 1 aliphatic rings. The number of amides is 1. The van der Waals surface area contributed by atoms with Gasteiger partial charge >= 0.3 is 0 Å². The van der Waals surface area contributed by atoms with Crippen LogP contribution in [0.1, 0.15) is 16.5 Å². The summed E-state index contributed by atoms with van der Waals surface area (Å²) >= 11 is 3.02. The molecule has 0 atom stereocenters. The van der Waals surface area contributed by atoms with Crippen molar-refractivity contribution in [1.82, 2.24) is 14.8 Å². The highest BCUT2D eigenvalue weighted by Crippen LogP contribution is 2.32. The van der Waals surface area contributed by atoms with Crippen molar-refractivity contribution in [3.8, 4) is 11.5 Å². The van der Waals surface area contributed by atoms with Crippen LogP contribution in [0.4, 0.5) is 5.69 Å². The number of thioether (sulfide) groups is 1. The van der Waals surface area contributed by atoms with E-state index in [-0.39, 0.29) is 11.7 Å². The van der Waals surface area contributed by atoms with Crippen LogP contribution in [0.5, 0.6) is 11.5 Å². The Labute approximate surface area is 192 Å². The van der Waals surface area contributed by atoms with Gasteiger partial charge in [-0.25, -0.2) is 0 Å². The first-order valence-corrected chi connectivity index (χ1v) is 11.9. The molecule has 164 valence electrons. The Hall–Kier alpha value is -3.24. The van der Waals surface area contributed by atoms with Crippen LogP contribution in [0.25, 0.3) is 0 Å². The summed E-state index contributed by atoms with van der Waals surface area (Å²) < 4.78 is 18.6. The van der Waals surface area contributed by atoms with E-state index in [1.165, 1.54) is 16.6 Å². The first-order valence-electron chi connectivity index (χ1n) is 10.0. The van der Waals surface area contributed by atoms with E-state index in [0.717, 1.165) is 11.6 Å². The van der Waals surface area contributed by atoms with Gasteiger partial charge in [0.1, 0.15) is 24.8 Å². The summed E-state index contributed by atoms with van der Waals surface area (Å²) in [5.41, 5.74) is 0.662. The number of thiophene rings is 1. The van der Waals surface area contributed by atoms with Crippen LogP contribution < -0.4 is 14.8 Å². The molecule has 0 radical (unpaired) electrons. The summed E-state index contributed by atoms with van der Waals surface area (Å²) in [6, 6.07) is 13.2. The molecule has 0 aliphatic carbocycles. The van der Waals surface area contributed by atoms with Crippen LogP contribution in [-0.4, -0.2) is 39.6 Å². The quantitative estimate of drug-likeness (QED) is 0.390. The maximum Gasteiger partial charge on any atom is 0.234 e. The molecule has 32 heavy (non-hydrogen) atoms. The van der Waals surface area contributed by atoms with E-state index in [1.54, 1.807) is 35.8 Å². The molecule has 10 heteroatoms. The highest BCUT2D eigenvalue weighted by atomic mass is 32.2. The van der Waals surface area contributed by atoms with Gasteiger partial charge in [0, 0.05) is 23.1 Å². The number of benzene rings is 1. The lowest BCUT2D eigenvalue weighted by atomic mass is 10.2. The third-order valence-electron chi connectivity index (χ3n) is 4.76. The lowest BCUT2D eigenvalue weighted by molar-refractivity contribution is -0.113. The molecule has 0 unspecified atom stereocenters. The Morgan fingerprint density at radius 1 is 1.12 bits per heavy atom. The molecule has 1 aromatic carbocycles. The minimum Gasteiger partial charge on any atom is -0.486 e. The van der Waals surface area contributed by atoms with Gasteiger partial charge in [-0.2, -0.15) is 0 Å². The number of nitrogens with zero attached hydrogens (tertiary/aromatic N) is 3. The van der Waals surface area contributed by atoms with Crippen LogP contribution in [0.3, 0.4) is 0 Å². The lowest BCUT2D eigenvalue weighted by Crippen LogP contribution is -2.17. The van der Waals surface area contributed by atoms with Gasteiger partial charge in [-0.1, -0.05) is 17.8 Å². The largest absolute Gasteiger partial charge is 0.486 e. The maximum absolute atomic E-state index is 12.6. The number of aromatic nitrogens is 3. The predicted octanol–water partition coefficient (Wildman–Crippen LogP) is 4.07. The molecule has 0 saturated heterocycles. The second-order valence-corrected chi connectivity index (χ2v) is 8.99. The second kappa shape index (κ2) is 9.49. The molecule has 5 rings (SSSR count). The molecular weight excluding hydrogens is 448 g/mol. The van der Waals surface area contributed by atoms with Gasteiger partial charge in [-0.05, 0) is 35.7 Å². The van der Waals surface area contributed by atoms with Crippen molar-refractivity contribution in [2.75, 3.05) is 24.3 Å². The third kappa shape index (κ3) is 4.81. The SMILES string of the molecule is O=C(CSc1nnc(Cc2cccs2)n1Cc1ccco1)Nc1ccc2c(c1)OCCO2. The Morgan fingerprint density at radius 3 is 2.84 bits per heavy atom. The van der Waals surface area contributed by atoms with Crippen LogP contribution in [0.2, 0.25) is 0 Å². The predicted molar refractivity (Wildman–Crippen MR) is 122 cm³/mol. The molecule has 0 spiro atoms. The van der Waals surface area contributed by atoms with Crippen molar-refractivity contribution < 1.29 is 18.7 Å². The Balaban J connectivity index is 1.27. The van der Waals surface area contributed by atoms with Crippen molar-refractivity contribution in [2.45, 2.75) is 18.1 Å². The highest BCUT2D eigenvalue weighted by Gasteiger charge is 2.17. The van der Waals surface area contributed by atoms with Gasteiger partial charge < -0.3 is 19.2 Å². The van der Waals surface area contributed by atoms with Crippen LogP contribution in [-0.2, 0) is 17.8 Å². The number of hydrogen-bond acceptors (Lipinski definition) is 8. The van der Waals surface area contributed by atoms with Crippen molar-refractivity contribution in [1.29, 1.82) is 0 Å². The Bertz CT molecular complexity index is 1190. The molecular formula is C22H20N4O4S2. The van der Waals surface area contributed by atoms with E-state index in [4.69, 9.17) is 13.9 Å². The van der Waals surface area contributed by atoms with Crippen molar-refractivity contribution >= 4 is 34.7 Å². The first kappa shape index (κ1) is 20.7. The fraction of sp³-hybridized carbons (Fsp3) is 0.227.